The van der Waals surface area contributed by atoms with Gasteiger partial charge in [-0.05, 0) is 19.4 Å². The minimum Gasteiger partial charge on any atom is -0.209 e. The highest BCUT2D eigenvalue weighted by Gasteiger charge is 2.09. The lowest BCUT2D eigenvalue weighted by molar-refractivity contribution is 0.511. The predicted octanol–water partition coefficient (Wildman–Crippen LogP) is 3.90. The molecule has 0 saturated heterocycles. The average Bonchev–Trinajstić information content (AvgIpc) is 2.02. The van der Waals surface area contributed by atoms with E-state index in [1.165, 1.54) is 6.08 Å². The van der Waals surface area contributed by atoms with Gasteiger partial charge in [-0.25, -0.2) is 8.78 Å². The average molecular weight is 160 g/mol. The normalized spacial score (nSPS) is 17.0. The zero-order valence-corrected chi connectivity index (χ0v) is 7.25. The van der Waals surface area contributed by atoms with Crippen molar-refractivity contribution in [1.29, 1.82) is 0 Å². The van der Waals surface area contributed by atoms with Crippen molar-refractivity contribution in [3.05, 3.63) is 23.3 Å². The lowest BCUT2D eigenvalue weighted by Crippen LogP contribution is -1.89. The van der Waals surface area contributed by atoms with E-state index in [4.69, 9.17) is 0 Å². The zero-order chi connectivity index (χ0) is 8.85. The highest BCUT2D eigenvalue weighted by atomic mass is 19.2. The summed E-state index contributed by atoms with van der Waals surface area (Å²) in [6.45, 7) is 5.80. The molecule has 0 saturated carbocycles. The molecule has 0 aliphatic heterocycles. The van der Waals surface area contributed by atoms with E-state index in [0.717, 1.165) is 5.57 Å². The minimum absolute atomic E-state index is 0.230. The third kappa shape index (κ3) is 3.30. The van der Waals surface area contributed by atoms with Crippen LogP contribution in [0.2, 0.25) is 0 Å². The molecule has 1 aliphatic carbocycles. The summed E-state index contributed by atoms with van der Waals surface area (Å²) < 4.78 is 24.5. The van der Waals surface area contributed by atoms with Crippen molar-refractivity contribution >= 4 is 0 Å². The van der Waals surface area contributed by atoms with E-state index in [0.29, 0.717) is 6.42 Å². The van der Waals surface area contributed by atoms with Gasteiger partial charge in [-0.3, -0.25) is 0 Å². The van der Waals surface area contributed by atoms with Crippen LogP contribution in [-0.4, -0.2) is 0 Å². The molecular weight excluding hydrogens is 146 g/mol. The molecule has 1 rings (SSSR count). The van der Waals surface area contributed by atoms with Crippen LogP contribution in [0.3, 0.4) is 0 Å². The first-order chi connectivity index (χ1) is 5.20. The minimum atomic E-state index is -0.696. The van der Waals surface area contributed by atoms with Gasteiger partial charge < -0.3 is 0 Å². The lowest BCUT2D eigenvalue weighted by atomic mass is 10.1. The molecule has 0 aromatic rings. The largest absolute Gasteiger partial charge is 0.209 e. The summed E-state index contributed by atoms with van der Waals surface area (Å²) in [5.74, 6) is -1.31. The summed E-state index contributed by atoms with van der Waals surface area (Å²) in [6, 6.07) is 0. The maximum absolute atomic E-state index is 12.3. The Bertz CT molecular complexity index is 178. The topological polar surface area (TPSA) is 0 Å². The van der Waals surface area contributed by atoms with Crippen molar-refractivity contribution in [2.24, 2.45) is 0 Å². The third-order valence-corrected chi connectivity index (χ3v) is 1.37. The summed E-state index contributed by atoms with van der Waals surface area (Å²) in [7, 11) is 0. The maximum atomic E-state index is 12.3. The van der Waals surface area contributed by atoms with Gasteiger partial charge in [0.15, 0.2) is 5.83 Å². The molecule has 64 valence electrons. The molecule has 0 N–H and O–H groups in total. The van der Waals surface area contributed by atoms with Crippen LogP contribution in [0.15, 0.2) is 23.3 Å². The Morgan fingerprint density at radius 2 is 1.73 bits per heavy atom. The van der Waals surface area contributed by atoms with Gasteiger partial charge in [-0.15, -0.1) is 0 Å². The molecule has 0 spiro atoms. The summed E-state index contributed by atoms with van der Waals surface area (Å²) in [6.07, 6.45) is 2.13. The van der Waals surface area contributed by atoms with Crippen LogP contribution < -0.4 is 0 Å². The van der Waals surface area contributed by atoms with Crippen molar-refractivity contribution < 1.29 is 8.78 Å². The van der Waals surface area contributed by atoms with Crippen LogP contribution in [0.25, 0.3) is 0 Å². The van der Waals surface area contributed by atoms with Crippen LogP contribution in [0.5, 0.6) is 0 Å². The molecule has 0 nitrogen and oxygen atoms in total. The number of rotatable bonds is 0. The first-order valence-corrected chi connectivity index (χ1v) is 3.91. The van der Waals surface area contributed by atoms with Crippen LogP contribution in [0, 0.1) is 0 Å². The molecule has 0 fully saturated rings. The third-order valence-electron chi connectivity index (χ3n) is 1.37. The number of halogens is 2. The van der Waals surface area contributed by atoms with Gasteiger partial charge in [0.05, 0.1) is 0 Å². The molecule has 0 aromatic heterocycles. The van der Waals surface area contributed by atoms with Crippen LogP contribution >= 0.6 is 0 Å². The Morgan fingerprint density at radius 3 is 2.09 bits per heavy atom. The van der Waals surface area contributed by atoms with E-state index < -0.39 is 11.7 Å². The first-order valence-electron chi connectivity index (χ1n) is 3.91. The van der Waals surface area contributed by atoms with Crippen LogP contribution in [-0.2, 0) is 0 Å². The molecule has 0 unspecified atom stereocenters. The molecule has 11 heavy (non-hydrogen) atoms. The Hall–Kier alpha value is -0.660. The molecule has 0 radical (unpaired) electrons. The fraction of sp³-hybridized carbons (Fsp3) is 0.556. The SMILES string of the molecule is CC.CC1=CC(F)=C(F)CC1. The standard InChI is InChI=1S/C7H8F2.C2H6/c1-5-2-3-6(8)7(9)4-5;1-2/h4H,2-3H2,1H3;1-2H3. The van der Waals surface area contributed by atoms with E-state index in [-0.39, 0.29) is 6.42 Å². The van der Waals surface area contributed by atoms with Gasteiger partial charge in [0.25, 0.3) is 0 Å². The second kappa shape index (κ2) is 5.05. The second-order valence-corrected chi connectivity index (χ2v) is 2.24. The Morgan fingerprint density at radius 1 is 1.18 bits per heavy atom. The van der Waals surface area contributed by atoms with Gasteiger partial charge in [0.1, 0.15) is 5.83 Å². The van der Waals surface area contributed by atoms with E-state index in [1.54, 1.807) is 6.92 Å². The molecule has 0 aromatic carbocycles. The van der Waals surface area contributed by atoms with Crippen molar-refractivity contribution in [1.82, 2.24) is 0 Å². The Labute approximate surface area is 66.6 Å². The molecular formula is C9H14F2. The van der Waals surface area contributed by atoms with E-state index in [1.807, 2.05) is 13.8 Å². The summed E-state index contributed by atoms with van der Waals surface area (Å²) >= 11 is 0. The highest BCUT2D eigenvalue weighted by molar-refractivity contribution is 5.24. The van der Waals surface area contributed by atoms with E-state index >= 15 is 0 Å². The second-order valence-electron chi connectivity index (χ2n) is 2.24. The number of hydrogen-bond acceptors (Lipinski definition) is 0. The quantitative estimate of drug-likeness (QED) is 0.504. The molecule has 0 heterocycles. The van der Waals surface area contributed by atoms with Crippen LogP contribution in [0.4, 0.5) is 8.78 Å². The fourth-order valence-corrected chi connectivity index (χ4v) is 0.793. The van der Waals surface area contributed by atoms with Gasteiger partial charge in [-0.2, -0.15) is 0 Å². The number of allylic oxidation sites excluding steroid dienone is 4. The van der Waals surface area contributed by atoms with Gasteiger partial charge in [0, 0.05) is 6.42 Å². The van der Waals surface area contributed by atoms with Crippen molar-refractivity contribution in [3.63, 3.8) is 0 Å². The predicted molar refractivity (Wildman–Crippen MR) is 43.6 cm³/mol. The Balaban J connectivity index is 0.000000461. The summed E-state index contributed by atoms with van der Waals surface area (Å²) in [5.41, 5.74) is 0.911. The monoisotopic (exact) mass is 160 g/mol. The van der Waals surface area contributed by atoms with Gasteiger partial charge >= 0.3 is 0 Å². The fourth-order valence-electron chi connectivity index (χ4n) is 0.793. The lowest BCUT2D eigenvalue weighted by Gasteiger charge is -2.05. The van der Waals surface area contributed by atoms with Gasteiger partial charge in [0.2, 0.25) is 0 Å². The smallest absolute Gasteiger partial charge is 0.154 e. The summed E-state index contributed by atoms with van der Waals surface area (Å²) in [4.78, 5) is 0. The molecule has 1 aliphatic rings. The number of hydrogen-bond donors (Lipinski definition) is 0. The van der Waals surface area contributed by atoms with Crippen LogP contribution in [0.1, 0.15) is 33.6 Å². The van der Waals surface area contributed by atoms with Gasteiger partial charge in [-0.1, -0.05) is 19.4 Å². The van der Waals surface area contributed by atoms with E-state index in [9.17, 15) is 8.78 Å². The first kappa shape index (κ1) is 10.3. The maximum Gasteiger partial charge on any atom is 0.154 e. The van der Waals surface area contributed by atoms with Crippen molar-refractivity contribution in [2.45, 2.75) is 33.6 Å². The summed E-state index contributed by atoms with van der Waals surface area (Å²) in [5, 5.41) is 0. The molecule has 2 heteroatoms. The highest BCUT2D eigenvalue weighted by Crippen LogP contribution is 2.24. The van der Waals surface area contributed by atoms with Crippen molar-refractivity contribution in [2.75, 3.05) is 0 Å². The Kier molecular flexibility index (Phi) is 4.75. The molecule has 0 bridgehead atoms. The molecule has 0 atom stereocenters. The van der Waals surface area contributed by atoms with E-state index in [2.05, 4.69) is 0 Å². The van der Waals surface area contributed by atoms with Crippen molar-refractivity contribution in [3.8, 4) is 0 Å². The molecule has 0 amide bonds. The zero-order valence-electron chi connectivity index (χ0n) is 7.25.